The molecule has 0 amide bonds. The van der Waals surface area contributed by atoms with Gasteiger partial charge in [0.05, 0.1) is 27.7 Å². The minimum atomic E-state index is -4.38. The number of carbonyl (C=O) groups excluding carboxylic acids is 2. The normalized spacial score (nSPS) is 14.2. The Balaban J connectivity index is 4.48. The van der Waals surface area contributed by atoms with E-state index in [0.29, 0.717) is 23.9 Å². The van der Waals surface area contributed by atoms with Crippen LogP contribution in [-0.4, -0.2) is 74.9 Å². The first-order chi connectivity index (χ1) is 25.5. The van der Waals surface area contributed by atoms with E-state index >= 15 is 0 Å². The molecule has 0 aliphatic rings. The fourth-order valence-corrected chi connectivity index (χ4v) is 6.00. The molecule has 0 aromatic rings. The Hall–Kier alpha value is -2.03. The van der Waals surface area contributed by atoms with E-state index < -0.39 is 32.5 Å². The van der Waals surface area contributed by atoms with Crippen LogP contribution < -0.4 is 0 Å². The average Bonchev–Trinajstić information content (AvgIpc) is 3.10. The summed E-state index contributed by atoms with van der Waals surface area (Å²) in [4.78, 5) is 35.2. The Morgan fingerprint density at radius 2 is 1.04 bits per heavy atom. The van der Waals surface area contributed by atoms with Crippen molar-refractivity contribution < 1.29 is 42.1 Å². The number of esters is 2. The van der Waals surface area contributed by atoms with Crippen LogP contribution in [0.5, 0.6) is 0 Å². The Morgan fingerprint density at radius 1 is 0.585 bits per heavy atom. The molecule has 0 aliphatic heterocycles. The van der Waals surface area contributed by atoms with Crippen molar-refractivity contribution in [2.75, 3.05) is 47.5 Å². The van der Waals surface area contributed by atoms with Gasteiger partial charge in [0.2, 0.25) is 0 Å². The van der Waals surface area contributed by atoms with Crippen molar-refractivity contribution in [1.29, 1.82) is 0 Å². The molecule has 53 heavy (non-hydrogen) atoms. The van der Waals surface area contributed by atoms with Crippen LogP contribution in [0.3, 0.4) is 0 Å². The van der Waals surface area contributed by atoms with Crippen molar-refractivity contribution in [2.24, 2.45) is 0 Å². The lowest BCUT2D eigenvalue weighted by atomic mass is 10.1. The van der Waals surface area contributed by atoms with E-state index in [1.807, 2.05) is 21.1 Å². The van der Waals surface area contributed by atoms with Crippen LogP contribution in [-0.2, 0) is 32.7 Å². The van der Waals surface area contributed by atoms with E-state index in [2.05, 4.69) is 62.5 Å². The highest BCUT2D eigenvalue weighted by atomic mass is 31.2. The van der Waals surface area contributed by atoms with Gasteiger partial charge in [0.25, 0.3) is 0 Å². The standard InChI is InChI=1S/C43H78NO8P/c1-6-8-10-12-14-16-18-20-21-22-23-24-26-27-29-31-33-35-42(45)49-39-41(40-51-53(47,48)50-38-37-44(3,4)5)52-43(46)36-34-32-30-28-25-19-17-15-13-11-9-7-2/h15,17,20-21,23-24,27,29,41H,6-14,16,18-19,22,25-26,28,30-40H2,1-5H3/p+1/b17-15+,21-20+,24-23+,29-27+/t41-/m0/s1. The quantitative estimate of drug-likeness (QED) is 0.0219. The van der Waals surface area contributed by atoms with Gasteiger partial charge in [-0.15, -0.1) is 0 Å². The fraction of sp³-hybridized carbons (Fsp3) is 0.767. The zero-order valence-electron chi connectivity index (χ0n) is 34.5. The van der Waals surface area contributed by atoms with Crippen LogP contribution in [0.15, 0.2) is 48.6 Å². The van der Waals surface area contributed by atoms with E-state index in [0.717, 1.165) is 64.2 Å². The van der Waals surface area contributed by atoms with Crippen LogP contribution in [0.2, 0.25) is 0 Å². The van der Waals surface area contributed by atoms with Crippen molar-refractivity contribution in [3.05, 3.63) is 48.6 Å². The third-order valence-corrected chi connectivity index (χ3v) is 9.57. The number of phosphoric ester groups is 1. The lowest BCUT2D eigenvalue weighted by molar-refractivity contribution is -0.870. The molecule has 9 nitrogen and oxygen atoms in total. The van der Waals surface area contributed by atoms with Gasteiger partial charge in [-0.2, -0.15) is 0 Å². The molecule has 0 aliphatic carbocycles. The third kappa shape index (κ3) is 39.5. The summed E-state index contributed by atoms with van der Waals surface area (Å²) in [6.45, 7) is 4.30. The molecule has 0 saturated carbocycles. The molecule has 0 fully saturated rings. The van der Waals surface area contributed by atoms with Crippen LogP contribution in [0.1, 0.15) is 162 Å². The van der Waals surface area contributed by atoms with E-state index in [9.17, 15) is 19.0 Å². The third-order valence-electron chi connectivity index (χ3n) is 8.58. The molecule has 0 radical (unpaired) electrons. The van der Waals surface area contributed by atoms with E-state index in [1.165, 1.54) is 57.8 Å². The largest absolute Gasteiger partial charge is 0.472 e. The number of likely N-dealkylation sites (N-methyl/N-ethyl adjacent to an activating group) is 1. The number of hydrogen-bond acceptors (Lipinski definition) is 7. The van der Waals surface area contributed by atoms with Crippen molar-refractivity contribution in [3.8, 4) is 0 Å². The van der Waals surface area contributed by atoms with Gasteiger partial charge < -0.3 is 18.9 Å². The smallest absolute Gasteiger partial charge is 0.462 e. The van der Waals surface area contributed by atoms with E-state index in [1.54, 1.807) is 0 Å². The van der Waals surface area contributed by atoms with Crippen LogP contribution >= 0.6 is 7.82 Å². The summed E-state index contributed by atoms with van der Waals surface area (Å²) < 4.78 is 34.1. The molecule has 0 heterocycles. The summed E-state index contributed by atoms with van der Waals surface area (Å²) in [6, 6.07) is 0. The van der Waals surface area contributed by atoms with Gasteiger partial charge in [-0.25, -0.2) is 4.57 Å². The predicted octanol–water partition coefficient (Wildman–Crippen LogP) is 11.5. The summed E-state index contributed by atoms with van der Waals surface area (Å²) in [7, 11) is 1.44. The van der Waals surface area contributed by atoms with Gasteiger partial charge >= 0.3 is 19.8 Å². The Kier molecular flexibility index (Phi) is 34.3. The molecule has 0 aromatic carbocycles. The predicted molar refractivity (Wildman–Crippen MR) is 220 cm³/mol. The summed E-state index contributed by atoms with van der Waals surface area (Å²) in [6.07, 6.45) is 40.2. The molecule has 1 N–H and O–H groups in total. The molecular formula is C43H79NO8P+. The minimum absolute atomic E-state index is 0.0212. The number of quaternary nitrogens is 1. The average molecular weight is 769 g/mol. The molecule has 0 aromatic heterocycles. The van der Waals surface area contributed by atoms with Gasteiger partial charge in [0.15, 0.2) is 6.10 Å². The van der Waals surface area contributed by atoms with Gasteiger partial charge in [-0.1, -0.05) is 127 Å². The van der Waals surface area contributed by atoms with E-state index in [4.69, 9.17) is 18.5 Å². The number of hydrogen-bond donors (Lipinski definition) is 1. The zero-order chi connectivity index (χ0) is 39.3. The van der Waals surface area contributed by atoms with Crippen LogP contribution in [0.4, 0.5) is 0 Å². The highest BCUT2D eigenvalue weighted by molar-refractivity contribution is 7.47. The molecule has 0 spiro atoms. The number of allylic oxidation sites excluding steroid dienone is 8. The summed E-state index contributed by atoms with van der Waals surface area (Å²) in [5.74, 6) is -0.874. The molecule has 2 atom stereocenters. The molecule has 0 rings (SSSR count). The number of rotatable bonds is 37. The maximum absolute atomic E-state index is 12.6. The Morgan fingerprint density at radius 3 is 1.62 bits per heavy atom. The molecule has 308 valence electrons. The molecule has 0 bridgehead atoms. The van der Waals surface area contributed by atoms with Crippen LogP contribution in [0, 0.1) is 0 Å². The van der Waals surface area contributed by atoms with Gasteiger partial charge in [0.1, 0.15) is 19.8 Å². The van der Waals surface area contributed by atoms with Gasteiger partial charge in [0, 0.05) is 12.8 Å². The Bertz CT molecular complexity index is 1050. The second-order valence-electron chi connectivity index (χ2n) is 15.0. The van der Waals surface area contributed by atoms with Gasteiger partial charge in [-0.05, 0) is 70.6 Å². The monoisotopic (exact) mass is 769 g/mol. The number of phosphoric acid groups is 1. The van der Waals surface area contributed by atoms with Crippen molar-refractivity contribution >= 4 is 19.8 Å². The molecule has 1 unspecified atom stereocenters. The van der Waals surface area contributed by atoms with Gasteiger partial charge in [-0.3, -0.25) is 18.6 Å². The molecule has 0 saturated heterocycles. The second-order valence-corrected chi connectivity index (χ2v) is 16.5. The summed E-state index contributed by atoms with van der Waals surface area (Å²) >= 11 is 0. The topological polar surface area (TPSA) is 108 Å². The first kappa shape index (κ1) is 51.0. The molecular weight excluding hydrogens is 689 g/mol. The maximum Gasteiger partial charge on any atom is 0.472 e. The lowest BCUT2D eigenvalue weighted by Crippen LogP contribution is -2.37. The SMILES string of the molecule is CCCCC/C=C/CCCCCCCC(=O)O[C@@H](COC(=O)CCC/C=C/C/C=C/C/C=C/CCCCCCCC)COP(=O)(O)OCC[N+](C)(C)C. The number of unbranched alkanes of at least 4 members (excludes halogenated alkanes) is 15. The first-order valence-corrected chi connectivity index (χ1v) is 22.4. The summed E-state index contributed by atoms with van der Waals surface area (Å²) in [5.41, 5.74) is 0. The zero-order valence-corrected chi connectivity index (χ0v) is 35.4. The van der Waals surface area contributed by atoms with E-state index in [-0.39, 0.29) is 26.1 Å². The second kappa shape index (κ2) is 35.7. The van der Waals surface area contributed by atoms with Crippen LogP contribution in [0.25, 0.3) is 0 Å². The lowest BCUT2D eigenvalue weighted by Gasteiger charge is -2.24. The minimum Gasteiger partial charge on any atom is -0.462 e. The Labute approximate surface area is 324 Å². The maximum atomic E-state index is 12.6. The van der Waals surface area contributed by atoms with Crippen molar-refractivity contribution in [2.45, 2.75) is 168 Å². The van der Waals surface area contributed by atoms with Crippen molar-refractivity contribution in [3.63, 3.8) is 0 Å². The molecule has 10 heteroatoms. The number of ether oxygens (including phenoxy) is 2. The fourth-order valence-electron chi connectivity index (χ4n) is 5.26. The first-order valence-electron chi connectivity index (χ1n) is 20.9. The van der Waals surface area contributed by atoms with Crippen molar-refractivity contribution in [1.82, 2.24) is 0 Å². The number of carbonyl (C=O) groups is 2. The highest BCUT2D eigenvalue weighted by Crippen LogP contribution is 2.43. The number of nitrogens with zero attached hydrogens (tertiary/aromatic N) is 1. The summed E-state index contributed by atoms with van der Waals surface area (Å²) in [5, 5.41) is 0. The highest BCUT2D eigenvalue weighted by Gasteiger charge is 2.27.